The molecule has 0 aliphatic carbocycles. The van der Waals surface area contributed by atoms with Crippen LogP contribution in [0.25, 0.3) is 0 Å². The van der Waals surface area contributed by atoms with Crippen LogP contribution in [0.2, 0.25) is 0 Å². The van der Waals surface area contributed by atoms with Crippen molar-refractivity contribution in [3.8, 4) is 0 Å². The molecule has 0 aliphatic heterocycles. The highest BCUT2D eigenvalue weighted by atomic mass is 32.2. The molecule has 2 N–H and O–H groups in total. The van der Waals surface area contributed by atoms with Crippen molar-refractivity contribution in [2.24, 2.45) is 5.73 Å². The fourth-order valence-electron chi connectivity index (χ4n) is 0.885. The first-order chi connectivity index (χ1) is 6.23. The highest BCUT2D eigenvalue weighted by Gasteiger charge is 2.34. The molecule has 0 saturated heterocycles. The van der Waals surface area contributed by atoms with Gasteiger partial charge in [-0.05, 0) is 0 Å². The highest BCUT2D eigenvalue weighted by Crippen LogP contribution is 2.18. The monoisotopic (exact) mass is 234 g/mol. The maximum atomic E-state index is 11.9. The molecule has 0 heterocycles. The molecule has 0 aliphatic rings. The van der Waals surface area contributed by atoms with Crippen molar-refractivity contribution in [2.75, 3.05) is 25.4 Å². The van der Waals surface area contributed by atoms with E-state index in [0.29, 0.717) is 4.31 Å². The summed E-state index contributed by atoms with van der Waals surface area (Å²) in [5.41, 5.74) is 4.98. The quantitative estimate of drug-likeness (QED) is 0.737. The Morgan fingerprint density at radius 1 is 1.36 bits per heavy atom. The Bertz CT molecular complexity index is 263. The van der Waals surface area contributed by atoms with E-state index in [2.05, 4.69) is 0 Å². The standard InChI is InChI=1S/C6H13F3N2O2S/c1-2-11(5-6(7,8)9)14(12,13)4-3-10/h2-5,10H2,1H3. The second kappa shape index (κ2) is 4.94. The van der Waals surface area contributed by atoms with Gasteiger partial charge in [0.2, 0.25) is 10.0 Å². The van der Waals surface area contributed by atoms with Gasteiger partial charge in [-0.3, -0.25) is 0 Å². The number of rotatable bonds is 5. The molecule has 0 fully saturated rings. The average molecular weight is 234 g/mol. The summed E-state index contributed by atoms with van der Waals surface area (Å²) in [6.45, 7) is -0.496. The molecule has 8 heteroatoms. The third kappa shape index (κ3) is 4.77. The molecule has 0 atom stereocenters. The normalized spacial score (nSPS) is 13.6. The third-order valence-corrected chi connectivity index (χ3v) is 3.40. The van der Waals surface area contributed by atoms with Gasteiger partial charge in [-0.15, -0.1) is 0 Å². The van der Waals surface area contributed by atoms with Gasteiger partial charge in [-0.2, -0.15) is 17.5 Å². The molecule has 0 amide bonds. The first kappa shape index (κ1) is 13.7. The molecule has 0 rings (SSSR count). The van der Waals surface area contributed by atoms with E-state index < -0.39 is 28.5 Å². The van der Waals surface area contributed by atoms with Crippen LogP contribution in [-0.4, -0.2) is 44.3 Å². The summed E-state index contributed by atoms with van der Waals surface area (Å²) >= 11 is 0. The largest absolute Gasteiger partial charge is 0.402 e. The maximum absolute atomic E-state index is 11.9. The summed E-state index contributed by atoms with van der Waals surface area (Å²) in [5.74, 6) is -0.461. The third-order valence-electron chi connectivity index (χ3n) is 1.48. The predicted octanol–water partition coefficient (Wildman–Crippen LogP) is 0.159. The molecule has 0 spiro atoms. The van der Waals surface area contributed by atoms with Crippen molar-refractivity contribution < 1.29 is 21.6 Å². The number of halogens is 3. The molecule has 86 valence electrons. The van der Waals surface area contributed by atoms with E-state index in [9.17, 15) is 21.6 Å². The molecule has 0 aromatic rings. The Kier molecular flexibility index (Phi) is 4.82. The Hall–Kier alpha value is -0.340. The van der Waals surface area contributed by atoms with E-state index in [1.54, 1.807) is 0 Å². The molecule has 0 bridgehead atoms. The molecule has 0 aromatic heterocycles. The highest BCUT2D eigenvalue weighted by molar-refractivity contribution is 7.89. The summed E-state index contributed by atoms with van der Waals surface area (Å²) in [6, 6.07) is 0. The van der Waals surface area contributed by atoms with E-state index in [1.807, 2.05) is 0 Å². The zero-order valence-corrected chi connectivity index (χ0v) is 8.53. The molecule has 0 radical (unpaired) electrons. The van der Waals surface area contributed by atoms with Crippen LogP contribution in [0.15, 0.2) is 0 Å². The lowest BCUT2D eigenvalue weighted by molar-refractivity contribution is -0.135. The van der Waals surface area contributed by atoms with Crippen LogP contribution in [0, 0.1) is 0 Å². The van der Waals surface area contributed by atoms with E-state index in [4.69, 9.17) is 5.73 Å². The Morgan fingerprint density at radius 2 is 1.86 bits per heavy atom. The zero-order valence-electron chi connectivity index (χ0n) is 7.71. The SMILES string of the molecule is CCN(CC(F)(F)F)S(=O)(=O)CCN. The Labute approximate surface area is 80.9 Å². The minimum Gasteiger partial charge on any atom is -0.329 e. The van der Waals surface area contributed by atoms with Crippen LogP contribution >= 0.6 is 0 Å². The topological polar surface area (TPSA) is 63.4 Å². The van der Waals surface area contributed by atoms with E-state index in [0.717, 1.165) is 0 Å². The van der Waals surface area contributed by atoms with Gasteiger partial charge in [0.1, 0.15) is 6.54 Å². The summed E-state index contributed by atoms with van der Waals surface area (Å²) in [7, 11) is -3.87. The van der Waals surface area contributed by atoms with Gasteiger partial charge in [0.05, 0.1) is 5.75 Å². The van der Waals surface area contributed by atoms with Gasteiger partial charge in [0, 0.05) is 13.1 Å². The fraction of sp³-hybridized carbons (Fsp3) is 1.00. The van der Waals surface area contributed by atoms with Crippen LogP contribution in [-0.2, 0) is 10.0 Å². The van der Waals surface area contributed by atoms with Gasteiger partial charge >= 0.3 is 6.18 Å². The zero-order chi connectivity index (χ0) is 11.4. The number of sulfonamides is 1. The number of nitrogens with zero attached hydrogens (tertiary/aromatic N) is 1. The summed E-state index contributed by atoms with van der Waals surface area (Å²) in [5, 5.41) is 0. The van der Waals surface area contributed by atoms with Gasteiger partial charge in [0.25, 0.3) is 0 Å². The van der Waals surface area contributed by atoms with Gasteiger partial charge < -0.3 is 5.73 Å². The van der Waals surface area contributed by atoms with E-state index in [1.165, 1.54) is 6.92 Å². The van der Waals surface area contributed by atoms with Crippen LogP contribution in [0.4, 0.5) is 13.2 Å². The van der Waals surface area contributed by atoms with Crippen LogP contribution in [0.1, 0.15) is 6.92 Å². The smallest absolute Gasteiger partial charge is 0.329 e. The lowest BCUT2D eigenvalue weighted by atomic mass is 10.6. The van der Waals surface area contributed by atoms with Gasteiger partial charge in [-0.1, -0.05) is 6.92 Å². The van der Waals surface area contributed by atoms with Gasteiger partial charge in [0.15, 0.2) is 0 Å². The van der Waals surface area contributed by atoms with Crippen molar-refractivity contribution in [1.29, 1.82) is 0 Å². The molecule has 14 heavy (non-hydrogen) atoms. The Balaban J connectivity index is 4.57. The van der Waals surface area contributed by atoms with Crippen molar-refractivity contribution in [3.05, 3.63) is 0 Å². The summed E-state index contributed by atoms with van der Waals surface area (Å²) in [4.78, 5) is 0. The lowest BCUT2D eigenvalue weighted by Gasteiger charge is -2.21. The maximum Gasteiger partial charge on any atom is 0.402 e. The second-order valence-electron chi connectivity index (χ2n) is 2.65. The summed E-state index contributed by atoms with van der Waals surface area (Å²) < 4.78 is 58.5. The van der Waals surface area contributed by atoms with Gasteiger partial charge in [-0.25, -0.2) is 8.42 Å². The average Bonchev–Trinajstić information content (AvgIpc) is 1.98. The predicted molar refractivity (Wildman–Crippen MR) is 46.1 cm³/mol. The van der Waals surface area contributed by atoms with Crippen molar-refractivity contribution in [3.63, 3.8) is 0 Å². The summed E-state index contributed by atoms with van der Waals surface area (Å²) in [6.07, 6.45) is -4.52. The minimum atomic E-state index is -4.52. The van der Waals surface area contributed by atoms with Crippen molar-refractivity contribution in [1.82, 2.24) is 4.31 Å². The number of nitrogens with two attached hydrogens (primary N) is 1. The first-order valence-corrected chi connectivity index (χ1v) is 5.58. The molecular weight excluding hydrogens is 221 g/mol. The van der Waals surface area contributed by atoms with Crippen molar-refractivity contribution in [2.45, 2.75) is 13.1 Å². The first-order valence-electron chi connectivity index (χ1n) is 3.97. The second-order valence-corrected chi connectivity index (χ2v) is 4.73. The lowest BCUT2D eigenvalue weighted by Crippen LogP contribution is -2.41. The van der Waals surface area contributed by atoms with E-state index in [-0.39, 0.29) is 13.1 Å². The number of alkyl halides is 3. The molecule has 0 saturated carbocycles. The molecule has 0 unspecified atom stereocenters. The van der Waals surface area contributed by atoms with Crippen molar-refractivity contribution >= 4 is 10.0 Å². The van der Waals surface area contributed by atoms with E-state index >= 15 is 0 Å². The van der Waals surface area contributed by atoms with Crippen LogP contribution in [0.5, 0.6) is 0 Å². The minimum absolute atomic E-state index is 0.184. The fourth-order valence-corrected chi connectivity index (χ4v) is 2.18. The van der Waals surface area contributed by atoms with Crippen LogP contribution in [0.3, 0.4) is 0 Å². The molecule has 0 aromatic carbocycles. The molecule has 4 nitrogen and oxygen atoms in total. The molecular formula is C6H13F3N2O2S. The number of hydrogen-bond donors (Lipinski definition) is 1. The Morgan fingerprint density at radius 3 is 2.14 bits per heavy atom. The van der Waals surface area contributed by atoms with Crippen LogP contribution < -0.4 is 5.73 Å². The number of hydrogen-bond acceptors (Lipinski definition) is 3.